The third-order valence-electron chi connectivity index (χ3n) is 4.69. The van der Waals surface area contributed by atoms with Gasteiger partial charge in [-0.25, -0.2) is 9.36 Å². The Labute approximate surface area is 166 Å². The molecule has 0 aliphatic heterocycles. The second kappa shape index (κ2) is 7.31. The Morgan fingerprint density at radius 2 is 1.76 bits per heavy atom. The van der Waals surface area contributed by atoms with Crippen LogP contribution >= 0.6 is 0 Å². The van der Waals surface area contributed by atoms with Crippen LogP contribution in [0, 0.1) is 20.8 Å². The first-order valence-electron chi connectivity index (χ1n) is 9.18. The fraction of sp³-hybridized carbons (Fsp3) is 0.190. The predicted octanol–water partition coefficient (Wildman–Crippen LogP) is 2.54. The smallest absolute Gasteiger partial charge is 0.281 e. The summed E-state index contributed by atoms with van der Waals surface area (Å²) < 4.78 is 2.60. The lowest BCUT2D eigenvalue weighted by Gasteiger charge is -2.13. The molecule has 0 aliphatic rings. The number of benzene rings is 2. The number of amides is 1. The zero-order chi connectivity index (χ0) is 20.5. The van der Waals surface area contributed by atoms with Gasteiger partial charge in [0.1, 0.15) is 11.9 Å². The molecule has 1 amide bonds. The molecule has 0 unspecified atom stereocenters. The minimum Gasteiger partial charge on any atom is -0.324 e. The molecule has 8 nitrogen and oxygen atoms in total. The van der Waals surface area contributed by atoms with E-state index < -0.39 is 5.56 Å². The highest BCUT2D eigenvalue weighted by Gasteiger charge is 2.15. The molecule has 0 saturated heterocycles. The molecular weight excluding hydrogens is 368 g/mol. The number of para-hydroxylation sites is 1. The number of hydrogen-bond acceptors (Lipinski definition) is 5. The summed E-state index contributed by atoms with van der Waals surface area (Å²) in [7, 11) is 0. The summed E-state index contributed by atoms with van der Waals surface area (Å²) in [6.07, 6.45) is 1.45. The van der Waals surface area contributed by atoms with E-state index in [0.717, 1.165) is 32.7 Å². The van der Waals surface area contributed by atoms with E-state index in [9.17, 15) is 9.59 Å². The standard InChI is InChI=1S/C21H20N6O2/c1-13-9-14(2)19(15(3)10-13)23-18(28)12-26-21(29)17-11-22-27(20(17)24-25-26)16-7-5-4-6-8-16/h4-11H,12H2,1-3H3,(H,23,28). The topological polar surface area (TPSA) is 94.7 Å². The number of nitrogens with zero attached hydrogens (tertiary/aromatic N) is 5. The van der Waals surface area contributed by atoms with Crippen molar-refractivity contribution in [1.29, 1.82) is 0 Å². The molecule has 4 aromatic rings. The van der Waals surface area contributed by atoms with Crippen LogP contribution < -0.4 is 10.9 Å². The van der Waals surface area contributed by atoms with Crippen LogP contribution in [0.3, 0.4) is 0 Å². The zero-order valence-electron chi connectivity index (χ0n) is 16.4. The Bertz CT molecular complexity index is 1250. The van der Waals surface area contributed by atoms with E-state index in [1.807, 2.05) is 63.2 Å². The molecule has 2 heterocycles. The van der Waals surface area contributed by atoms with Gasteiger partial charge in [-0.1, -0.05) is 41.1 Å². The van der Waals surface area contributed by atoms with Crippen molar-refractivity contribution in [2.45, 2.75) is 27.3 Å². The van der Waals surface area contributed by atoms with E-state index in [1.54, 1.807) is 4.68 Å². The van der Waals surface area contributed by atoms with Crippen LogP contribution in [-0.4, -0.2) is 30.7 Å². The second-order valence-electron chi connectivity index (χ2n) is 7.00. The van der Waals surface area contributed by atoms with Gasteiger partial charge in [-0.2, -0.15) is 5.10 Å². The molecule has 0 bridgehead atoms. The number of carbonyl (C=O) groups is 1. The van der Waals surface area contributed by atoms with Crippen molar-refractivity contribution in [3.05, 3.63) is 75.7 Å². The normalized spacial score (nSPS) is 11.0. The lowest BCUT2D eigenvalue weighted by atomic mass is 10.1. The summed E-state index contributed by atoms with van der Waals surface area (Å²) in [6, 6.07) is 13.4. The van der Waals surface area contributed by atoms with Gasteiger partial charge in [0.15, 0.2) is 5.65 Å². The Morgan fingerprint density at radius 1 is 1.07 bits per heavy atom. The van der Waals surface area contributed by atoms with Crippen molar-refractivity contribution in [3.63, 3.8) is 0 Å². The highest BCUT2D eigenvalue weighted by molar-refractivity contribution is 5.92. The monoisotopic (exact) mass is 388 g/mol. The van der Waals surface area contributed by atoms with Crippen LogP contribution in [0.25, 0.3) is 16.7 Å². The molecule has 8 heteroatoms. The number of anilines is 1. The molecule has 29 heavy (non-hydrogen) atoms. The van der Waals surface area contributed by atoms with Gasteiger partial charge in [0.05, 0.1) is 11.9 Å². The number of nitrogens with one attached hydrogen (secondary N) is 1. The molecule has 0 radical (unpaired) electrons. The minimum absolute atomic E-state index is 0.231. The number of hydrogen-bond donors (Lipinski definition) is 1. The maximum absolute atomic E-state index is 12.8. The zero-order valence-corrected chi connectivity index (χ0v) is 16.4. The van der Waals surface area contributed by atoms with Crippen molar-refractivity contribution in [2.24, 2.45) is 0 Å². The van der Waals surface area contributed by atoms with Crippen LogP contribution in [0.5, 0.6) is 0 Å². The molecular formula is C21H20N6O2. The summed E-state index contributed by atoms with van der Waals surface area (Å²) >= 11 is 0. The second-order valence-corrected chi connectivity index (χ2v) is 7.00. The molecule has 0 aliphatic carbocycles. The number of aromatic nitrogens is 5. The SMILES string of the molecule is Cc1cc(C)c(NC(=O)Cn2nnc3c(cnn3-c3ccccc3)c2=O)c(C)c1. The largest absolute Gasteiger partial charge is 0.324 e. The average molecular weight is 388 g/mol. The highest BCUT2D eigenvalue weighted by Crippen LogP contribution is 2.21. The minimum atomic E-state index is -0.412. The summed E-state index contributed by atoms with van der Waals surface area (Å²) in [4.78, 5) is 25.3. The average Bonchev–Trinajstić information content (AvgIpc) is 3.12. The molecule has 0 saturated carbocycles. The van der Waals surface area contributed by atoms with Gasteiger partial charge in [0.2, 0.25) is 5.91 Å². The Kier molecular flexibility index (Phi) is 4.67. The van der Waals surface area contributed by atoms with Crippen LogP contribution in [-0.2, 0) is 11.3 Å². The lowest BCUT2D eigenvalue weighted by Crippen LogP contribution is -2.30. The Balaban J connectivity index is 1.62. The molecule has 0 fully saturated rings. The third-order valence-corrected chi connectivity index (χ3v) is 4.69. The van der Waals surface area contributed by atoms with Gasteiger partial charge in [-0.15, -0.1) is 5.10 Å². The van der Waals surface area contributed by atoms with Gasteiger partial charge >= 0.3 is 0 Å². The summed E-state index contributed by atoms with van der Waals surface area (Å²) in [5.74, 6) is -0.341. The Morgan fingerprint density at radius 3 is 2.45 bits per heavy atom. The summed E-state index contributed by atoms with van der Waals surface area (Å²) in [5.41, 5.74) is 4.52. The van der Waals surface area contributed by atoms with Crippen molar-refractivity contribution < 1.29 is 4.79 Å². The van der Waals surface area contributed by atoms with Gasteiger partial charge in [0, 0.05) is 5.69 Å². The molecule has 146 valence electrons. The van der Waals surface area contributed by atoms with E-state index in [1.165, 1.54) is 6.20 Å². The molecule has 1 N–H and O–H groups in total. The lowest BCUT2D eigenvalue weighted by molar-refractivity contribution is -0.117. The fourth-order valence-electron chi connectivity index (χ4n) is 3.42. The highest BCUT2D eigenvalue weighted by atomic mass is 16.2. The maximum Gasteiger partial charge on any atom is 0.281 e. The molecule has 4 rings (SSSR count). The van der Waals surface area contributed by atoms with E-state index in [-0.39, 0.29) is 12.5 Å². The van der Waals surface area contributed by atoms with Crippen LogP contribution in [0.2, 0.25) is 0 Å². The first-order chi connectivity index (χ1) is 13.9. The van der Waals surface area contributed by atoms with Crippen LogP contribution in [0.15, 0.2) is 53.5 Å². The summed E-state index contributed by atoms with van der Waals surface area (Å²) in [6.45, 7) is 5.65. The van der Waals surface area contributed by atoms with Gasteiger partial charge in [0.25, 0.3) is 5.56 Å². The van der Waals surface area contributed by atoms with Gasteiger partial charge in [-0.05, 0) is 44.0 Å². The van der Waals surface area contributed by atoms with Crippen molar-refractivity contribution in [2.75, 3.05) is 5.32 Å². The Hall–Kier alpha value is -3.81. The predicted molar refractivity (Wildman–Crippen MR) is 110 cm³/mol. The van der Waals surface area contributed by atoms with Crippen LogP contribution in [0.1, 0.15) is 16.7 Å². The van der Waals surface area contributed by atoms with Crippen molar-refractivity contribution in [1.82, 2.24) is 24.8 Å². The molecule has 0 spiro atoms. The molecule has 2 aromatic carbocycles. The quantitative estimate of drug-likeness (QED) is 0.580. The van der Waals surface area contributed by atoms with Gasteiger partial charge in [-0.3, -0.25) is 9.59 Å². The van der Waals surface area contributed by atoms with E-state index >= 15 is 0 Å². The maximum atomic E-state index is 12.8. The van der Waals surface area contributed by atoms with Crippen LogP contribution in [0.4, 0.5) is 5.69 Å². The summed E-state index contributed by atoms with van der Waals surface area (Å²) in [5, 5.41) is 15.5. The van der Waals surface area contributed by atoms with E-state index in [2.05, 4.69) is 20.7 Å². The third kappa shape index (κ3) is 3.52. The number of rotatable bonds is 4. The molecule has 2 aromatic heterocycles. The van der Waals surface area contributed by atoms with E-state index in [0.29, 0.717) is 11.0 Å². The number of fused-ring (bicyclic) bond motifs is 1. The number of carbonyl (C=O) groups excluding carboxylic acids is 1. The first kappa shape index (κ1) is 18.5. The first-order valence-corrected chi connectivity index (χ1v) is 9.18. The number of aryl methyl sites for hydroxylation is 3. The van der Waals surface area contributed by atoms with Gasteiger partial charge < -0.3 is 5.32 Å². The van der Waals surface area contributed by atoms with Crippen molar-refractivity contribution >= 4 is 22.6 Å². The fourth-order valence-corrected chi connectivity index (χ4v) is 3.42. The van der Waals surface area contributed by atoms with Crippen molar-refractivity contribution in [3.8, 4) is 5.69 Å². The van der Waals surface area contributed by atoms with E-state index in [4.69, 9.17) is 0 Å². The molecule has 0 atom stereocenters.